The molecular formula is C10H9FO2. The van der Waals surface area contributed by atoms with Crippen molar-refractivity contribution in [2.45, 2.75) is 6.61 Å². The molecule has 1 aromatic carbocycles. The van der Waals surface area contributed by atoms with Gasteiger partial charge in [0.2, 0.25) is 0 Å². The molecule has 0 amide bonds. The molecule has 1 rings (SSSR count). The Balaban J connectivity index is 3.04. The lowest BCUT2D eigenvalue weighted by atomic mass is 10.1. The Labute approximate surface area is 75.6 Å². The molecule has 68 valence electrons. The third-order valence-electron chi connectivity index (χ3n) is 1.52. The van der Waals surface area contributed by atoms with Crippen molar-refractivity contribution >= 4 is 0 Å². The van der Waals surface area contributed by atoms with E-state index in [0.29, 0.717) is 5.56 Å². The van der Waals surface area contributed by atoms with Crippen LogP contribution < -0.4 is 0 Å². The Morgan fingerprint density at radius 2 is 2.08 bits per heavy atom. The molecule has 0 bridgehead atoms. The van der Waals surface area contributed by atoms with E-state index in [-0.39, 0.29) is 18.8 Å². The molecule has 0 atom stereocenters. The first kappa shape index (κ1) is 9.72. The van der Waals surface area contributed by atoms with Crippen LogP contribution in [0.25, 0.3) is 0 Å². The number of aliphatic hydroxyl groups excluding tert-OH is 2. The fraction of sp³-hybridized carbons (Fsp3) is 0.200. The van der Waals surface area contributed by atoms with Crippen molar-refractivity contribution < 1.29 is 14.6 Å². The molecule has 2 nitrogen and oxygen atoms in total. The smallest absolute Gasteiger partial charge is 0.138 e. The molecule has 0 fully saturated rings. The summed E-state index contributed by atoms with van der Waals surface area (Å²) in [6.45, 7) is -0.448. The molecule has 0 aromatic heterocycles. The van der Waals surface area contributed by atoms with Crippen molar-refractivity contribution in [1.29, 1.82) is 0 Å². The third kappa shape index (κ3) is 2.55. The summed E-state index contributed by atoms with van der Waals surface area (Å²) in [4.78, 5) is 0. The highest BCUT2D eigenvalue weighted by Crippen LogP contribution is 2.09. The maximum Gasteiger partial charge on any atom is 0.138 e. The van der Waals surface area contributed by atoms with Crippen LogP contribution in [0.1, 0.15) is 11.1 Å². The van der Waals surface area contributed by atoms with Crippen molar-refractivity contribution in [2.24, 2.45) is 0 Å². The van der Waals surface area contributed by atoms with Crippen molar-refractivity contribution in [3.05, 3.63) is 35.1 Å². The van der Waals surface area contributed by atoms with Crippen LogP contribution in [-0.2, 0) is 6.61 Å². The Hall–Kier alpha value is -1.37. The SMILES string of the molecule is OCC#Cc1cc(CO)ccc1F. The van der Waals surface area contributed by atoms with E-state index in [1.807, 2.05) is 0 Å². The predicted molar refractivity (Wildman–Crippen MR) is 46.3 cm³/mol. The molecule has 0 aliphatic carbocycles. The summed E-state index contributed by atoms with van der Waals surface area (Å²) in [6, 6.07) is 4.18. The standard InChI is InChI=1S/C10H9FO2/c11-10-4-3-8(7-13)6-9(10)2-1-5-12/h3-4,6,12-13H,5,7H2. The molecule has 0 saturated carbocycles. The zero-order valence-corrected chi connectivity index (χ0v) is 6.92. The molecule has 0 heterocycles. The first-order valence-electron chi connectivity index (χ1n) is 3.77. The van der Waals surface area contributed by atoms with Crippen LogP contribution >= 0.6 is 0 Å². The van der Waals surface area contributed by atoms with Crippen molar-refractivity contribution in [1.82, 2.24) is 0 Å². The van der Waals surface area contributed by atoms with E-state index in [2.05, 4.69) is 11.8 Å². The van der Waals surface area contributed by atoms with Crippen molar-refractivity contribution in [3.63, 3.8) is 0 Å². The van der Waals surface area contributed by atoms with E-state index in [4.69, 9.17) is 10.2 Å². The van der Waals surface area contributed by atoms with E-state index >= 15 is 0 Å². The van der Waals surface area contributed by atoms with Gasteiger partial charge in [-0.15, -0.1) is 0 Å². The lowest BCUT2D eigenvalue weighted by Crippen LogP contribution is -1.89. The third-order valence-corrected chi connectivity index (χ3v) is 1.52. The van der Waals surface area contributed by atoms with Gasteiger partial charge < -0.3 is 10.2 Å². The summed E-state index contributed by atoms with van der Waals surface area (Å²) >= 11 is 0. The second-order valence-corrected chi connectivity index (χ2v) is 2.43. The van der Waals surface area contributed by atoms with Crippen molar-refractivity contribution in [3.8, 4) is 11.8 Å². The van der Waals surface area contributed by atoms with Gasteiger partial charge >= 0.3 is 0 Å². The second-order valence-electron chi connectivity index (χ2n) is 2.43. The summed E-state index contributed by atoms with van der Waals surface area (Å²) in [6.07, 6.45) is 0. The van der Waals surface area contributed by atoms with E-state index in [0.717, 1.165) is 0 Å². The van der Waals surface area contributed by atoms with Crippen LogP contribution in [0.4, 0.5) is 4.39 Å². The average Bonchev–Trinajstić information content (AvgIpc) is 2.17. The molecule has 0 saturated heterocycles. The number of rotatable bonds is 1. The number of hydrogen-bond donors (Lipinski definition) is 2. The number of hydrogen-bond acceptors (Lipinski definition) is 2. The van der Waals surface area contributed by atoms with E-state index in [9.17, 15) is 4.39 Å². The summed E-state index contributed by atoms with van der Waals surface area (Å²) < 4.78 is 13.0. The predicted octanol–water partition coefficient (Wildman–Crippen LogP) is 0.662. The lowest BCUT2D eigenvalue weighted by Gasteiger charge is -1.97. The number of benzene rings is 1. The molecule has 0 aliphatic rings. The van der Waals surface area contributed by atoms with Crippen LogP contribution in [0.2, 0.25) is 0 Å². The van der Waals surface area contributed by atoms with Gasteiger partial charge in [-0.05, 0) is 17.7 Å². The summed E-state index contributed by atoms with van der Waals surface area (Å²) in [5, 5.41) is 17.2. The van der Waals surface area contributed by atoms with Crippen LogP contribution in [0.15, 0.2) is 18.2 Å². The minimum absolute atomic E-state index is 0.145. The monoisotopic (exact) mass is 180 g/mol. The Morgan fingerprint density at radius 3 is 2.69 bits per heavy atom. The van der Waals surface area contributed by atoms with Gasteiger partial charge in [0.25, 0.3) is 0 Å². The van der Waals surface area contributed by atoms with Gasteiger partial charge in [-0.2, -0.15) is 0 Å². The summed E-state index contributed by atoms with van der Waals surface area (Å²) in [5.41, 5.74) is 0.796. The zero-order valence-electron chi connectivity index (χ0n) is 6.92. The fourth-order valence-electron chi connectivity index (χ4n) is 0.901. The van der Waals surface area contributed by atoms with Crippen LogP contribution in [-0.4, -0.2) is 16.8 Å². The van der Waals surface area contributed by atoms with E-state index < -0.39 is 5.82 Å². The fourth-order valence-corrected chi connectivity index (χ4v) is 0.901. The number of halogens is 1. The number of aliphatic hydroxyl groups is 2. The second kappa shape index (κ2) is 4.61. The molecule has 0 aliphatic heterocycles. The van der Waals surface area contributed by atoms with Gasteiger partial charge in [-0.1, -0.05) is 17.9 Å². The molecule has 0 radical (unpaired) electrons. The molecule has 0 unspecified atom stereocenters. The molecule has 13 heavy (non-hydrogen) atoms. The average molecular weight is 180 g/mol. The topological polar surface area (TPSA) is 40.5 Å². The normalized spacial score (nSPS) is 9.15. The zero-order chi connectivity index (χ0) is 9.68. The molecule has 3 heteroatoms. The van der Waals surface area contributed by atoms with Gasteiger partial charge in [-0.3, -0.25) is 0 Å². The van der Waals surface area contributed by atoms with Gasteiger partial charge in [-0.25, -0.2) is 4.39 Å². The first-order chi connectivity index (χ1) is 6.27. The molecule has 1 aromatic rings. The van der Waals surface area contributed by atoms with Crippen LogP contribution in [0.3, 0.4) is 0 Å². The molecule has 2 N–H and O–H groups in total. The van der Waals surface area contributed by atoms with E-state index in [1.54, 1.807) is 0 Å². The molecular weight excluding hydrogens is 171 g/mol. The molecule has 0 spiro atoms. The maximum absolute atomic E-state index is 13.0. The Morgan fingerprint density at radius 1 is 1.31 bits per heavy atom. The summed E-state index contributed by atoms with van der Waals surface area (Å²) in [7, 11) is 0. The minimum atomic E-state index is -0.446. The minimum Gasteiger partial charge on any atom is -0.392 e. The van der Waals surface area contributed by atoms with E-state index in [1.165, 1.54) is 18.2 Å². The largest absolute Gasteiger partial charge is 0.392 e. The van der Waals surface area contributed by atoms with Gasteiger partial charge in [0.15, 0.2) is 0 Å². The van der Waals surface area contributed by atoms with Gasteiger partial charge in [0.1, 0.15) is 12.4 Å². The first-order valence-corrected chi connectivity index (χ1v) is 3.77. The lowest BCUT2D eigenvalue weighted by molar-refractivity contribution is 0.281. The van der Waals surface area contributed by atoms with Crippen molar-refractivity contribution in [2.75, 3.05) is 6.61 Å². The van der Waals surface area contributed by atoms with Gasteiger partial charge in [0, 0.05) is 0 Å². The maximum atomic E-state index is 13.0. The summed E-state index contributed by atoms with van der Waals surface area (Å²) in [5.74, 6) is 4.35. The quantitative estimate of drug-likeness (QED) is 0.623. The highest BCUT2D eigenvalue weighted by atomic mass is 19.1. The highest BCUT2D eigenvalue weighted by Gasteiger charge is 1.99. The Kier molecular flexibility index (Phi) is 3.44. The van der Waals surface area contributed by atoms with Gasteiger partial charge in [0.05, 0.1) is 12.2 Å². The van der Waals surface area contributed by atoms with Crippen LogP contribution in [0.5, 0.6) is 0 Å². The Bertz CT molecular complexity index is 350. The highest BCUT2D eigenvalue weighted by molar-refractivity contribution is 5.38. The van der Waals surface area contributed by atoms with Crippen LogP contribution in [0, 0.1) is 17.7 Å².